The molecule has 2 aromatic carbocycles. The molecule has 0 radical (unpaired) electrons. The van der Waals surface area contributed by atoms with E-state index < -0.39 is 11.9 Å². The van der Waals surface area contributed by atoms with Crippen molar-refractivity contribution in [2.24, 2.45) is 0 Å². The van der Waals surface area contributed by atoms with Crippen molar-refractivity contribution in [2.75, 3.05) is 13.1 Å². The molecule has 3 aromatic rings. The van der Waals surface area contributed by atoms with Gasteiger partial charge in [-0.3, -0.25) is 9.78 Å². The number of aryl methyl sites for hydroxylation is 1. The minimum atomic E-state index is -0.793. The number of nitrogens with zero attached hydrogens (tertiary/aromatic N) is 2. The molecule has 7 heteroatoms. The number of aliphatic hydroxyl groups is 2. The second-order valence-electron chi connectivity index (χ2n) is 8.18. The molecule has 2 heterocycles. The molecule has 1 amide bonds. The van der Waals surface area contributed by atoms with Crippen LogP contribution in [0.25, 0.3) is 11.1 Å². The minimum absolute atomic E-state index is 0.105. The molecule has 1 aliphatic heterocycles. The average Bonchev–Trinajstić information content (AvgIpc) is 3.30. The standard InChI is InChI=1S/C20H22FNO3.C6H6ClN/c1-13(25)20-9-17(21)3-5-19(20)14-2-4-18(16(8-14)11-23)15-6-7-22(10-15)12-24;1-5-2-3-6(7)4-8-5/h2-5,8-9,12-13,15,23,25H,6-7,10-11H2,1H3;2-4H,1H3. The van der Waals surface area contributed by atoms with Crippen molar-refractivity contribution in [3.8, 4) is 11.1 Å². The van der Waals surface area contributed by atoms with Crippen molar-refractivity contribution >= 4 is 18.0 Å². The van der Waals surface area contributed by atoms with Gasteiger partial charge in [-0.25, -0.2) is 4.39 Å². The summed E-state index contributed by atoms with van der Waals surface area (Å²) in [4.78, 5) is 16.6. The van der Waals surface area contributed by atoms with Gasteiger partial charge in [0, 0.05) is 30.9 Å². The Morgan fingerprint density at radius 1 is 1.24 bits per heavy atom. The first-order valence-electron chi connectivity index (χ1n) is 10.8. The highest BCUT2D eigenvalue weighted by Gasteiger charge is 2.25. The van der Waals surface area contributed by atoms with Gasteiger partial charge in [0.25, 0.3) is 0 Å². The Hall–Kier alpha value is -2.80. The zero-order valence-corrected chi connectivity index (χ0v) is 19.5. The van der Waals surface area contributed by atoms with Gasteiger partial charge in [0.05, 0.1) is 17.7 Å². The number of aliphatic hydroxyl groups excluding tert-OH is 2. The molecular weight excluding hydrogens is 443 g/mol. The number of aromatic nitrogens is 1. The van der Waals surface area contributed by atoms with Crippen molar-refractivity contribution in [3.05, 3.63) is 88.0 Å². The minimum Gasteiger partial charge on any atom is -0.392 e. The summed E-state index contributed by atoms with van der Waals surface area (Å²) in [6, 6.07) is 13.8. The van der Waals surface area contributed by atoms with Gasteiger partial charge in [0.1, 0.15) is 5.82 Å². The summed E-state index contributed by atoms with van der Waals surface area (Å²) in [7, 11) is 0. The molecule has 1 aliphatic rings. The second kappa shape index (κ2) is 11.4. The summed E-state index contributed by atoms with van der Waals surface area (Å²) < 4.78 is 13.5. The lowest BCUT2D eigenvalue weighted by Crippen LogP contribution is -2.17. The number of amides is 1. The SMILES string of the molecule is CC(O)c1cc(F)ccc1-c1ccc(C2CCN(C=O)C2)c(CO)c1.Cc1ccc(Cl)cn1. The van der Waals surface area contributed by atoms with Crippen LogP contribution in [-0.2, 0) is 11.4 Å². The maximum Gasteiger partial charge on any atom is 0.209 e. The molecule has 1 fully saturated rings. The average molecular weight is 471 g/mol. The van der Waals surface area contributed by atoms with Crippen LogP contribution in [0.2, 0.25) is 5.02 Å². The number of halogens is 2. The van der Waals surface area contributed by atoms with Gasteiger partial charge in [-0.05, 0) is 78.4 Å². The van der Waals surface area contributed by atoms with Crippen molar-refractivity contribution in [2.45, 2.75) is 38.9 Å². The van der Waals surface area contributed by atoms with E-state index in [1.807, 2.05) is 37.3 Å². The maximum absolute atomic E-state index is 13.5. The fourth-order valence-electron chi connectivity index (χ4n) is 4.04. The number of carbonyl (C=O) groups excluding carboxylic acids is 1. The molecule has 0 spiro atoms. The van der Waals surface area contributed by atoms with Gasteiger partial charge in [-0.15, -0.1) is 0 Å². The van der Waals surface area contributed by atoms with Crippen LogP contribution in [0.1, 0.15) is 47.8 Å². The Bertz CT molecular complexity index is 1070. The molecule has 0 bridgehead atoms. The highest BCUT2D eigenvalue weighted by atomic mass is 35.5. The summed E-state index contributed by atoms with van der Waals surface area (Å²) in [6.45, 7) is 4.81. The van der Waals surface area contributed by atoms with E-state index in [9.17, 15) is 19.4 Å². The summed E-state index contributed by atoms with van der Waals surface area (Å²) >= 11 is 5.55. The van der Waals surface area contributed by atoms with Gasteiger partial charge in [-0.2, -0.15) is 0 Å². The van der Waals surface area contributed by atoms with Crippen LogP contribution in [0.15, 0.2) is 54.7 Å². The maximum atomic E-state index is 13.5. The summed E-state index contributed by atoms with van der Waals surface area (Å²) in [5.74, 6) is -0.176. The summed E-state index contributed by atoms with van der Waals surface area (Å²) in [6.07, 6.45) is 2.58. The Balaban J connectivity index is 0.000000323. The number of hydrogen-bond acceptors (Lipinski definition) is 4. The lowest BCUT2D eigenvalue weighted by molar-refractivity contribution is -0.117. The van der Waals surface area contributed by atoms with E-state index in [1.165, 1.54) is 12.1 Å². The van der Waals surface area contributed by atoms with E-state index in [1.54, 1.807) is 24.1 Å². The number of carbonyl (C=O) groups is 1. The van der Waals surface area contributed by atoms with Crippen LogP contribution in [0, 0.1) is 12.7 Å². The number of likely N-dealkylation sites (tertiary alicyclic amines) is 1. The van der Waals surface area contributed by atoms with Crippen LogP contribution >= 0.6 is 11.6 Å². The molecule has 4 rings (SSSR count). The van der Waals surface area contributed by atoms with Gasteiger partial charge in [-0.1, -0.05) is 29.8 Å². The van der Waals surface area contributed by atoms with Crippen molar-refractivity contribution in [1.82, 2.24) is 9.88 Å². The zero-order valence-electron chi connectivity index (χ0n) is 18.7. The highest BCUT2D eigenvalue weighted by molar-refractivity contribution is 6.30. The normalized spacial score (nSPS) is 16.2. The predicted octanol–water partition coefficient (Wildman–Crippen LogP) is 5.03. The van der Waals surface area contributed by atoms with Crippen molar-refractivity contribution in [3.63, 3.8) is 0 Å². The molecule has 0 saturated carbocycles. The van der Waals surface area contributed by atoms with Gasteiger partial charge >= 0.3 is 0 Å². The number of hydrogen-bond donors (Lipinski definition) is 2. The zero-order chi connectivity index (χ0) is 24.0. The fraction of sp³-hybridized carbons (Fsp3) is 0.308. The number of rotatable bonds is 5. The van der Waals surface area contributed by atoms with E-state index in [-0.39, 0.29) is 12.5 Å². The van der Waals surface area contributed by atoms with Crippen LogP contribution in [0.5, 0.6) is 0 Å². The molecule has 1 saturated heterocycles. The van der Waals surface area contributed by atoms with Crippen molar-refractivity contribution < 1.29 is 19.4 Å². The number of pyridine rings is 1. The Morgan fingerprint density at radius 2 is 2.03 bits per heavy atom. The molecule has 0 aliphatic carbocycles. The van der Waals surface area contributed by atoms with Crippen LogP contribution in [0.3, 0.4) is 0 Å². The quantitative estimate of drug-likeness (QED) is 0.513. The molecule has 174 valence electrons. The van der Waals surface area contributed by atoms with E-state index in [0.717, 1.165) is 47.3 Å². The Kier molecular flexibility index (Phi) is 8.55. The molecule has 33 heavy (non-hydrogen) atoms. The first kappa shape index (κ1) is 24.8. The van der Waals surface area contributed by atoms with E-state index in [4.69, 9.17) is 11.6 Å². The topological polar surface area (TPSA) is 73.7 Å². The smallest absolute Gasteiger partial charge is 0.209 e. The first-order valence-corrected chi connectivity index (χ1v) is 11.2. The molecule has 1 aromatic heterocycles. The second-order valence-corrected chi connectivity index (χ2v) is 8.62. The molecule has 2 unspecified atom stereocenters. The van der Waals surface area contributed by atoms with E-state index in [2.05, 4.69) is 4.98 Å². The van der Waals surface area contributed by atoms with Gasteiger partial charge in [0.15, 0.2) is 0 Å². The predicted molar refractivity (Wildman–Crippen MR) is 127 cm³/mol. The first-order chi connectivity index (χ1) is 15.8. The van der Waals surface area contributed by atoms with E-state index >= 15 is 0 Å². The van der Waals surface area contributed by atoms with Crippen LogP contribution in [-0.4, -0.2) is 39.6 Å². The lowest BCUT2D eigenvalue weighted by Gasteiger charge is -2.18. The summed E-state index contributed by atoms with van der Waals surface area (Å²) in [5.41, 5.74) is 4.93. The van der Waals surface area contributed by atoms with Crippen molar-refractivity contribution in [1.29, 1.82) is 0 Å². The monoisotopic (exact) mass is 470 g/mol. The third-order valence-corrected chi connectivity index (χ3v) is 6.00. The van der Waals surface area contributed by atoms with Crippen LogP contribution < -0.4 is 0 Å². The lowest BCUT2D eigenvalue weighted by atomic mass is 9.89. The highest BCUT2D eigenvalue weighted by Crippen LogP contribution is 2.34. The fourth-order valence-corrected chi connectivity index (χ4v) is 4.15. The third-order valence-electron chi connectivity index (χ3n) is 5.77. The largest absolute Gasteiger partial charge is 0.392 e. The molecular formula is C26H28ClFN2O3. The van der Waals surface area contributed by atoms with Crippen LogP contribution in [0.4, 0.5) is 4.39 Å². The van der Waals surface area contributed by atoms with E-state index in [0.29, 0.717) is 17.1 Å². The number of benzene rings is 2. The molecule has 5 nitrogen and oxygen atoms in total. The molecule has 2 N–H and O–H groups in total. The van der Waals surface area contributed by atoms with Gasteiger partial charge in [0.2, 0.25) is 6.41 Å². The summed E-state index contributed by atoms with van der Waals surface area (Å²) in [5, 5.41) is 20.4. The Morgan fingerprint density at radius 3 is 2.61 bits per heavy atom. The van der Waals surface area contributed by atoms with Gasteiger partial charge < -0.3 is 15.1 Å². The molecule has 2 atom stereocenters. The third kappa shape index (κ3) is 6.38. The Labute approximate surface area is 198 Å².